The molecule has 1 N–H and O–H groups in total. The molecule has 1 atom stereocenters. The third-order valence-corrected chi connectivity index (χ3v) is 5.81. The summed E-state index contributed by atoms with van der Waals surface area (Å²) in [7, 11) is 0. The van der Waals surface area contributed by atoms with Crippen molar-refractivity contribution in [2.75, 3.05) is 45.6 Å². The molecule has 3 rings (SSSR count). The Morgan fingerprint density at radius 1 is 1.20 bits per heavy atom. The summed E-state index contributed by atoms with van der Waals surface area (Å²) in [5.41, 5.74) is 1.15. The molecule has 0 aliphatic carbocycles. The first-order valence-corrected chi connectivity index (χ1v) is 10.5. The lowest BCUT2D eigenvalue weighted by Crippen LogP contribution is -2.53. The molecule has 2 fully saturated rings. The van der Waals surface area contributed by atoms with E-state index in [1.54, 1.807) is 11.8 Å². The van der Waals surface area contributed by atoms with Crippen molar-refractivity contribution in [2.24, 2.45) is 0 Å². The van der Waals surface area contributed by atoms with E-state index < -0.39 is 0 Å². The van der Waals surface area contributed by atoms with Crippen LogP contribution in [-0.2, 0) is 11.3 Å². The van der Waals surface area contributed by atoms with Gasteiger partial charge in [0, 0.05) is 43.7 Å². The van der Waals surface area contributed by atoms with E-state index in [9.17, 15) is 4.79 Å². The number of urea groups is 1. The highest BCUT2D eigenvalue weighted by Crippen LogP contribution is 2.19. The highest BCUT2D eigenvalue weighted by Gasteiger charge is 2.28. The van der Waals surface area contributed by atoms with Crippen LogP contribution in [0.4, 0.5) is 4.79 Å². The number of hydrogen-bond acceptors (Lipinski definition) is 4. The topological polar surface area (TPSA) is 44.8 Å². The smallest absolute Gasteiger partial charge is 0.317 e. The van der Waals surface area contributed by atoms with E-state index in [4.69, 9.17) is 4.74 Å². The first kappa shape index (κ1) is 18.5. The molecule has 1 aromatic carbocycles. The molecular weight excluding hydrogens is 334 g/mol. The second kappa shape index (κ2) is 9.46. The molecule has 0 bridgehead atoms. The van der Waals surface area contributed by atoms with Crippen LogP contribution in [0.25, 0.3) is 0 Å². The number of carbonyl (C=O) groups is 1. The lowest BCUT2D eigenvalue weighted by molar-refractivity contribution is 0.0221. The minimum Gasteiger partial charge on any atom is -0.379 e. The number of morpholine rings is 1. The number of amides is 2. The quantitative estimate of drug-likeness (QED) is 0.817. The Bertz CT molecular complexity index is 546. The summed E-state index contributed by atoms with van der Waals surface area (Å²) in [5, 5.41) is 3.11. The molecule has 5 nitrogen and oxygen atoms in total. The number of nitrogens with one attached hydrogen (secondary N) is 1. The highest BCUT2D eigenvalue weighted by atomic mass is 32.2. The minimum absolute atomic E-state index is 0.0758. The highest BCUT2D eigenvalue weighted by molar-refractivity contribution is 7.98. The Morgan fingerprint density at radius 3 is 2.68 bits per heavy atom. The Labute approximate surface area is 155 Å². The molecule has 0 aromatic heterocycles. The lowest BCUT2D eigenvalue weighted by atomic mass is 10.0. The van der Waals surface area contributed by atoms with E-state index in [0.717, 1.165) is 57.8 Å². The van der Waals surface area contributed by atoms with Gasteiger partial charge in [-0.2, -0.15) is 0 Å². The van der Waals surface area contributed by atoms with E-state index in [-0.39, 0.29) is 6.03 Å². The van der Waals surface area contributed by atoms with Gasteiger partial charge in [-0.1, -0.05) is 12.1 Å². The number of carbonyl (C=O) groups excluding carboxylic acids is 1. The lowest BCUT2D eigenvalue weighted by Gasteiger charge is -2.39. The maximum atomic E-state index is 12.7. The number of likely N-dealkylation sites (tertiary alicyclic amines) is 1. The molecule has 25 heavy (non-hydrogen) atoms. The van der Waals surface area contributed by atoms with Crippen LogP contribution in [0.5, 0.6) is 0 Å². The van der Waals surface area contributed by atoms with Crippen LogP contribution in [0.1, 0.15) is 24.8 Å². The largest absolute Gasteiger partial charge is 0.379 e. The van der Waals surface area contributed by atoms with Crippen molar-refractivity contribution in [2.45, 2.75) is 36.7 Å². The maximum absolute atomic E-state index is 12.7. The van der Waals surface area contributed by atoms with Crippen LogP contribution < -0.4 is 5.32 Å². The van der Waals surface area contributed by atoms with Crippen LogP contribution in [0.2, 0.25) is 0 Å². The van der Waals surface area contributed by atoms with Gasteiger partial charge in [-0.15, -0.1) is 11.8 Å². The van der Waals surface area contributed by atoms with Crippen molar-refractivity contribution in [1.29, 1.82) is 0 Å². The fourth-order valence-electron chi connectivity index (χ4n) is 3.56. The number of benzene rings is 1. The van der Waals surface area contributed by atoms with Gasteiger partial charge in [0.05, 0.1) is 13.2 Å². The normalized spacial score (nSPS) is 22.0. The van der Waals surface area contributed by atoms with Gasteiger partial charge in [0.2, 0.25) is 0 Å². The van der Waals surface area contributed by atoms with Crippen LogP contribution in [-0.4, -0.2) is 67.5 Å². The molecule has 2 amide bonds. The molecule has 0 unspecified atom stereocenters. The molecule has 2 saturated heterocycles. The fraction of sp³-hybridized carbons (Fsp3) is 0.632. The van der Waals surface area contributed by atoms with Crippen LogP contribution in [0.3, 0.4) is 0 Å². The molecule has 0 saturated carbocycles. The van der Waals surface area contributed by atoms with E-state index in [2.05, 4.69) is 45.6 Å². The average molecular weight is 364 g/mol. The SMILES string of the molecule is CSc1ccc(CNC(=O)N2CCCC[C@H]2CN2CCOCC2)cc1. The van der Waals surface area contributed by atoms with Crippen LogP contribution >= 0.6 is 11.8 Å². The standard InChI is InChI=1S/C19H29N3O2S/c1-25-18-7-5-16(6-8-18)14-20-19(23)22-9-3-2-4-17(22)15-21-10-12-24-13-11-21/h5-8,17H,2-4,9-15H2,1H3,(H,20,23)/t17-/m0/s1. The monoisotopic (exact) mass is 363 g/mol. The van der Waals surface area contributed by atoms with E-state index in [0.29, 0.717) is 12.6 Å². The van der Waals surface area contributed by atoms with Crippen molar-refractivity contribution in [3.63, 3.8) is 0 Å². The molecule has 0 radical (unpaired) electrons. The molecule has 0 spiro atoms. The third-order valence-electron chi connectivity index (χ3n) is 5.06. The predicted octanol–water partition coefficient (Wildman–Crippen LogP) is 2.80. The van der Waals surface area contributed by atoms with Crippen molar-refractivity contribution < 1.29 is 9.53 Å². The zero-order chi connectivity index (χ0) is 17.5. The maximum Gasteiger partial charge on any atom is 0.317 e. The van der Waals surface area contributed by atoms with Gasteiger partial charge in [0.15, 0.2) is 0 Å². The van der Waals surface area contributed by atoms with Gasteiger partial charge in [-0.3, -0.25) is 4.90 Å². The molecule has 1 aromatic rings. The number of hydrogen-bond donors (Lipinski definition) is 1. The summed E-state index contributed by atoms with van der Waals surface area (Å²) in [6, 6.07) is 8.79. The second-order valence-corrected chi connectivity index (χ2v) is 7.64. The number of ether oxygens (including phenoxy) is 1. The summed E-state index contributed by atoms with van der Waals surface area (Å²) in [6.45, 7) is 6.01. The van der Waals surface area contributed by atoms with Gasteiger partial charge in [-0.25, -0.2) is 4.79 Å². The van der Waals surface area contributed by atoms with Gasteiger partial charge in [0.25, 0.3) is 0 Å². The average Bonchev–Trinajstić information content (AvgIpc) is 2.68. The molecular formula is C19H29N3O2S. The van der Waals surface area contributed by atoms with Crippen molar-refractivity contribution in [3.8, 4) is 0 Å². The van der Waals surface area contributed by atoms with Gasteiger partial charge >= 0.3 is 6.03 Å². The van der Waals surface area contributed by atoms with Gasteiger partial charge in [0.1, 0.15) is 0 Å². The first-order chi connectivity index (χ1) is 12.3. The summed E-state index contributed by atoms with van der Waals surface area (Å²) in [4.78, 5) is 18.4. The Kier molecular flexibility index (Phi) is 7.02. The van der Waals surface area contributed by atoms with Crippen molar-refractivity contribution in [3.05, 3.63) is 29.8 Å². The van der Waals surface area contributed by atoms with E-state index in [1.165, 1.54) is 11.3 Å². The Morgan fingerprint density at radius 2 is 1.96 bits per heavy atom. The second-order valence-electron chi connectivity index (χ2n) is 6.76. The number of nitrogens with zero attached hydrogens (tertiary/aromatic N) is 2. The molecule has 2 aliphatic rings. The first-order valence-electron chi connectivity index (χ1n) is 9.24. The third kappa shape index (κ3) is 5.36. The van der Waals surface area contributed by atoms with Crippen LogP contribution in [0, 0.1) is 0 Å². The Hall–Kier alpha value is -1.24. The molecule has 2 aliphatic heterocycles. The fourth-order valence-corrected chi connectivity index (χ4v) is 3.97. The summed E-state index contributed by atoms with van der Waals surface area (Å²) < 4.78 is 5.43. The van der Waals surface area contributed by atoms with Gasteiger partial charge in [-0.05, 0) is 43.2 Å². The number of thioether (sulfide) groups is 1. The molecule has 6 heteroatoms. The summed E-state index contributed by atoms with van der Waals surface area (Å²) >= 11 is 1.73. The van der Waals surface area contributed by atoms with Gasteiger partial charge < -0.3 is 15.0 Å². The van der Waals surface area contributed by atoms with Crippen molar-refractivity contribution >= 4 is 17.8 Å². The zero-order valence-corrected chi connectivity index (χ0v) is 15.9. The summed E-state index contributed by atoms with van der Waals surface area (Å²) in [6.07, 6.45) is 5.50. The van der Waals surface area contributed by atoms with Crippen molar-refractivity contribution in [1.82, 2.24) is 15.1 Å². The minimum atomic E-state index is 0.0758. The molecule has 2 heterocycles. The Balaban J connectivity index is 1.52. The molecule has 138 valence electrons. The van der Waals surface area contributed by atoms with Crippen LogP contribution in [0.15, 0.2) is 29.2 Å². The van der Waals surface area contributed by atoms with E-state index in [1.807, 2.05) is 0 Å². The zero-order valence-electron chi connectivity index (χ0n) is 15.1. The number of piperidine rings is 1. The van der Waals surface area contributed by atoms with E-state index >= 15 is 0 Å². The summed E-state index contributed by atoms with van der Waals surface area (Å²) in [5.74, 6) is 0. The number of rotatable bonds is 5. The predicted molar refractivity (Wildman–Crippen MR) is 102 cm³/mol.